The van der Waals surface area contributed by atoms with Crippen LogP contribution in [0.2, 0.25) is 0 Å². The zero-order valence-corrected chi connectivity index (χ0v) is 13.4. The lowest BCUT2D eigenvalue weighted by molar-refractivity contribution is 0.231. The van der Waals surface area contributed by atoms with Gasteiger partial charge >= 0.3 is 0 Å². The summed E-state index contributed by atoms with van der Waals surface area (Å²) in [6.07, 6.45) is 5.86. The molecule has 0 aromatic heterocycles. The fraction of sp³-hybridized carbons (Fsp3) is 0.647. The Morgan fingerprint density at radius 3 is 2.81 bits per heavy atom. The van der Waals surface area contributed by atoms with Crippen molar-refractivity contribution in [3.05, 3.63) is 17.9 Å². The maximum absolute atomic E-state index is 14.0. The van der Waals surface area contributed by atoms with Crippen molar-refractivity contribution in [1.82, 2.24) is 0 Å². The topological polar surface area (TPSA) is 38.5 Å². The van der Waals surface area contributed by atoms with Gasteiger partial charge in [-0.25, -0.2) is 4.39 Å². The highest BCUT2D eigenvalue weighted by molar-refractivity contribution is 5.70. The maximum Gasteiger partial charge on any atom is 0.167 e. The lowest BCUT2D eigenvalue weighted by Gasteiger charge is -2.38. The Morgan fingerprint density at radius 1 is 1.38 bits per heavy atom. The summed E-state index contributed by atoms with van der Waals surface area (Å²) in [6.45, 7) is 6.99. The Labute approximate surface area is 127 Å². The summed E-state index contributed by atoms with van der Waals surface area (Å²) in [5.41, 5.74) is 7.50. The van der Waals surface area contributed by atoms with Crippen molar-refractivity contribution >= 4 is 11.4 Å². The van der Waals surface area contributed by atoms with Crippen LogP contribution in [0, 0.1) is 5.82 Å². The minimum atomic E-state index is -0.381. The highest BCUT2D eigenvalue weighted by Crippen LogP contribution is 2.36. The first-order valence-corrected chi connectivity index (χ1v) is 8.05. The van der Waals surface area contributed by atoms with E-state index in [1.165, 1.54) is 18.9 Å². The van der Waals surface area contributed by atoms with Gasteiger partial charge in [-0.15, -0.1) is 0 Å². The lowest BCUT2D eigenvalue weighted by Crippen LogP contribution is -2.40. The van der Waals surface area contributed by atoms with Crippen LogP contribution in [0.15, 0.2) is 12.1 Å². The van der Waals surface area contributed by atoms with Crippen LogP contribution in [-0.2, 0) is 0 Å². The summed E-state index contributed by atoms with van der Waals surface area (Å²) in [6, 6.07) is 3.67. The molecule has 1 aliphatic rings. The van der Waals surface area contributed by atoms with Gasteiger partial charge < -0.3 is 15.4 Å². The molecule has 3 nitrogen and oxygen atoms in total. The van der Waals surface area contributed by atoms with Crippen molar-refractivity contribution in [2.45, 2.75) is 65.0 Å². The molecule has 0 radical (unpaired) electrons. The number of ether oxygens (including phenoxy) is 1. The normalized spacial score (nSPS) is 19.1. The molecule has 1 atom stereocenters. The molecule has 0 spiro atoms. The summed E-state index contributed by atoms with van der Waals surface area (Å²) in [4.78, 5) is 2.34. The molecular formula is C17H27FN2O. The Hall–Kier alpha value is -1.45. The van der Waals surface area contributed by atoms with Gasteiger partial charge in [0.1, 0.15) is 0 Å². The van der Waals surface area contributed by atoms with Crippen LogP contribution in [0.4, 0.5) is 15.8 Å². The van der Waals surface area contributed by atoms with Crippen LogP contribution in [0.3, 0.4) is 0 Å². The van der Waals surface area contributed by atoms with Crippen molar-refractivity contribution < 1.29 is 9.13 Å². The van der Waals surface area contributed by atoms with Gasteiger partial charge in [-0.2, -0.15) is 0 Å². The number of hydrogen-bond acceptors (Lipinski definition) is 3. The lowest BCUT2D eigenvalue weighted by atomic mass is 9.97. The molecule has 2 rings (SSSR count). The Bertz CT molecular complexity index is 474. The van der Waals surface area contributed by atoms with Crippen LogP contribution in [-0.4, -0.2) is 18.7 Å². The minimum absolute atomic E-state index is 0.0521. The van der Waals surface area contributed by atoms with Gasteiger partial charge in [0, 0.05) is 24.7 Å². The molecule has 1 unspecified atom stereocenters. The number of halogens is 1. The maximum atomic E-state index is 14.0. The van der Waals surface area contributed by atoms with Gasteiger partial charge in [0.25, 0.3) is 0 Å². The van der Waals surface area contributed by atoms with E-state index >= 15 is 0 Å². The average Bonchev–Trinajstić information content (AvgIpc) is 2.43. The first-order valence-electron chi connectivity index (χ1n) is 8.05. The van der Waals surface area contributed by atoms with Crippen molar-refractivity contribution in [3.63, 3.8) is 0 Å². The summed E-state index contributed by atoms with van der Waals surface area (Å²) < 4.78 is 19.5. The highest BCUT2D eigenvalue weighted by Gasteiger charge is 2.24. The number of anilines is 2. The van der Waals surface area contributed by atoms with E-state index in [9.17, 15) is 4.39 Å². The number of nitrogens with two attached hydrogens (primary N) is 1. The van der Waals surface area contributed by atoms with Crippen LogP contribution >= 0.6 is 0 Å². The Kier molecular flexibility index (Phi) is 5.32. The molecule has 0 saturated carbocycles. The van der Waals surface area contributed by atoms with Crippen molar-refractivity contribution in [3.8, 4) is 5.75 Å². The standard InChI is InChI=1S/C17H27FN2O/c1-4-7-13-8-5-6-9-20(13)16-11-17(21-12(2)3)14(18)10-15(16)19/h10-13H,4-9,19H2,1-3H3. The number of piperidine rings is 1. The number of benzene rings is 1. The third-order valence-corrected chi connectivity index (χ3v) is 4.00. The summed E-state index contributed by atoms with van der Waals surface area (Å²) >= 11 is 0. The van der Waals surface area contributed by atoms with Crippen molar-refractivity contribution in [2.75, 3.05) is 17.2 Å². The van der Waals surface area contributed by atoms with E-state index in [4.69, 9.17) is 10.5 Å². The van der Waals surface area contributed by atoms with Crippen LogP contribution in [0.5, 0.6) is 5.75 Å². The SMILES string of the molecule is CCCC1CCCCN1c1cc(OC(C)C)c(F)cc1N. The average molecular weight is 294 g/mol. The predicted molar refractivity (Wildman–Crippen MR) is 86.5 cm³/mol. The molecule has 1 aromatic carbocycles. The second kappa shape index (κ2) is 7.01. The molecule has 0 bridgehead atoms. The van der Waals surface area contributed by atoms with Crippen molar-refractivity contribution in [2.24, 2.45) is 0 Å². The summed E-state index contributed by atoms with van der Waals surface area (Å²) in [7, 11) is 0. The Balaban J connectivity index is 2.32. The quantitative estimate of drug-likeness (QED) is 0.820. The van der Waals surface area contributed by atoms with E-state index in [-0.39, 0.29) is 11.9 Å². The second-order valence-electron chi connectivity index (χ2n) is 6.14. The van der Waals surface area contributed by atoms with Gasteiger partial charge in [-0.3, -0.25) is 0 Å². The molecule has 118 valence electrons. The zero-order valence-electron chi connectivity index (χ0n) is 13.4. The molecule has 4 heteroatoms. The molecule has 1 saturated heterocycles. The van der Waals surface area contributed by atoms with Crippen LogP contribution in [0.1, 0.15) is 52.9 Å². The van der Waals surface area contributed by atoms with E-state index in [1.54, 1.807) is 6.07 Å². The minimum Gasteiger partial charge on any atom is -0.488 e. The molecule has 2 N–H and O–H groups in total. The van der Waals surface area contributed by atoms with Gasteiger partial charge in [0.2, 0.25) is 0 Å². The zero-order chi connectivity index (χ0) is 15.4. The van der Waals surface area contributed by atoms with Gasteiger partial charge in [-0.1, -0.05) is 13.3 Å². The molecule has 1 aromatic rings. The van der Waals surface area contributed by atoms with Gasteiger partial charge in [-0.05, 0) is 39.5 Å². The van der Waals surface area contributed by atoms with Crippen molar-refractivity contribution in [1.29, 1.82) is 0 Å². The third kappa shape index (κ3) is 3.80. The first kappa shape index (κ1) is 15.9. The van der Waals surface area contributed by atoms with Gasteiger partial charge in [0.05, 0.1) is 17.5 Å². The molecule has 21 heavy (non-hydrogen) atoms. The fourth-order valence-corrected chi connectivity index (χ4v) is 3.10. The smallest absolute Gasteiger partial charge is 0.167 e. The second-order valence-corrected chi connectivity index (χ2v) is 6.14. The number of nitrogen functional groups attached to an aromatic ring is 1. The largest absolute Gasteiger partial charge is 0.488 e. The van der Waals surface area contributed by atoms with Crippen LogP contribution < -0.4 is 15.4 Å². The molecule has 1 fully saturated rings. The molecule has 1 heterocycles. The Morgan fingerprint density at radius 2 is 2.14 bits per heavy atom. The number of nitrogens with zero attached hydrogens (tertiary/aromatic N) is 1. The third-order valence-electron chi connectivity index (χ3n) is 4.00. The van der Waals surface area contributed by atoms with E-state index in [0.29, 0.717) is 17.5 Å². The van der Waals surface area contributed by atoms with E-state index in [2.05, 4.69) is 11.8 Å². The highest BCUT2D eigenvalue weighted by atomic mass is 19.1. The monoisotopic (exact) mass is 294 g/mol. The number of rotatable bonds is 5. The molecule has 1 aliphatic heterocycles. The fourth-order valence-electron chi connectivity index (χ4n) is 3.10. The van der Waals surface area contributed by atoms with Crippen LogP contribution in [0.25, 0.3) is 0 Å². The van der Waals surface area contributed by atoms with E-state index in [1.807, 2.05) is 13.8 Å². The summed E-state index contributed by atoms with van der Waals surface area (Å²) in [5, 5.41) is 0. The molecule has 0 aliphatic carbocycles. The summed E-state index contributed by atoms with van der Waals surface area (Å²) in [5.74, 6) is -0.0796. The molecular weight excluding hydrogens is 267 g/mol. The number of hydrogen-bond donors (Lipinski definition) is 1. The van der Waals surface area contributed by atoms with E-state index < -0.39 is 0 Å². The molecule has 0 amide bonds. The first-order chi connectivity index (χ1) is 10.0. The predicted octanol–water partition coefficient (Wildman–Crippen LogP) is 4.35. The van der Waals surface area contributed by atoms with Gasteiger partial charge in [0.15, 0.2) is 11.6 Å². The van der Waals surface area contributed by atoms with E-state index in [0.717, 1.165) is 31.5 Å².